The second-order valence-corrected chi connectivity index (χ2v) is 13.4. The molecule has 44 heavy (non-hydrogen) atoms. The van der Waals surface area contributed by atoms with Gasteiger partial charge < -0.3 is 26.9 Å². The van der Waals surface area contributed by atoms with Gasteiger partial charge in [0.05, 0.1) is 0 Å². The molecule has 0 aromatic heterocycles. The zero-order valence-corrected chi connectivity index (χ0v) is 28.0. The Labute approximate surface area is 280 Å². The maximum Gasteiger partial charge on any atom is 2.00 e. The van der Waals surface area contributed by atoms with Crippen molar-refractivity contribution in [3.05, 3.63) is 192 Å². The van der Waals surface area contributed by atoms with Crippen LogP contribution in [0.4, 0.5) is 0 Å². The van der Waals surface area contributed by atoms with Gasteiger partial charge in [0.15, 0.2) is 0 Å². The van der Waals surface area contributed by atoms with E-state index in [4.69, 9.17) is 15.3 Å². The number of nitroso groups, excluding NO2 is 1. The van der Waals surface area contributed by atoms with Gasteiger partial charge in [-0.05, 0) is 47.7 Å². The molecule has 0 spiro atoms. The molecule has 7 heteroatoms. The molecule has 0 unspecified atom stereocenters. The van der Waals surface area contributed by atoms with Gasteiger partial charge in [0.1, 0.15) is 0 Å². The summed E-state index contributed by atoms with van der Waals surface area (Å²) in [4.78, 5) is 15.7. The van der Waals surface area contributed by atoms with Crippen molar-refractivity contribution < 1.29 is 24.3 Å². The molecule has 0 fully saturated rings. The fourth-order valence-corrected chi connectivity index (χ4v) is 8.97. The van der Waals surface area contributed by atoms with Crippen LogP contribution in [0.15, 0.2) is 182 Å². The van der Waals surface area contributed by atoms with Crippen LogP contribution in [-0.4, -0.2) is 5.75 Å². The van der Waals surface area contributed by atoms with Crippen molar-refractivity contribution in [2.24, 2.45) is 0 Å². The summed E-state index contributed by atoms with van der Waals surface area (Å²) >= 11 is 4.19. The fraction of sp³-hybridized carbons (Fsp3) is 0. The third-order valence-corrected chi connectivity index (χ3v) is 11.0. The average Bonchev–Trinajstić information content (AvgIpc) is 3.10. The first-order chi connectivity index (χ1) is 21.3. The fourth-order valence-electron chi connectivity index (χ4n) is 4.36. The van der Waals surface area contributed by atoms with Crippen LogP contribution in [0.2, 0.25) is 0 Å². The second-order valence-electron chi connectivity index (χ2n) is 8.76. The summed E-state index contributed by atoms with van der Waals surface area (Å²) in [6, 6.07) is 64.7. The number of nitrogens with zero attached hydrogens (tertiary/aromatic N) is 1. The molecule has 0 aliphatic heterocycles. The number of rotatable bonds is 6. The molecule has 0 amide bonds. The molecule has 6 aromatic carbocycles. The summed E-state index contributed by atoms with van der Waals surface area (Å²) in [6.45, 7) is 0. The maximum absolute atomic E-state index is 8.45. The summed E-state index contributed by atoms with van der Waals surface area (Å²) in [5.41, 5.74) is 5.75. The van der Waals surface area contributed by atoms with E-state index in [1.165, 1.54) is 31.8 Å². The number of benzene rings is 6. The van der Waals surface area contributed by atoms with E-state index in [1.807, 2.05) is 0 Å². The van der Waals surface area contributed by atoms with Crippen molar-refractivity contribution in [2.45, 2.75) is 0 Å². The zero-order chi connectivity index (χ0) is 30.5. The third kappa shape index (κ3) is 11.5. The van der Waals surface area contributed by atoms with E-state index < -0.39 is 15.8 Å². The van der Waals surface area contributed by atoms with Gasteiger partial charge in [0.2, 0.25) is 0 Å². The molecule has 0 bridgehead atoms. The summed E-state index contributed by atoms with van der Waals surface area (Å²) in [5.74, 6) is 0.972. The van der Waals surface area contributed by atoms with Crippen molar-refractivity contribution in [2.75, 3.05) is 0 Å². The van der Waals surface area contributed by atoms with E-state index in [9.17, 15) is 0 Å². The van der Waals surface area contributed by atoms with Crippen molar-refractivity contribution in [1.82, 2.24) is 0 Å². The van der Waals surface area contributed by atoms with Crippen LogP contribution in [0.25, 0.3) is 5.59 Å². The predicted molar refractivity (Wildman–Crippen MR) is 189 cm³/mol. The van der Waals surface area contributed by atoms with Crippen molar-refractivity contribution in [3.8, 4) is 0 Å². The SMILES string of the molecule is O=[C-]Cl.[N-]=O.[Ru+2].c1ccc(P(c2ccccc2)c2ccccc2)cc1.c1ccc(P(c2ccccc2)c2ccccc2)cc1. The Bertz CT molecular complexity index is 1260. The monoisotopic (exact) mass is 719 g/mol. The topological polar surface area (TPSA) is 56.4 Å². The molecule has 0 N–H and O–H groups in total. The number of halogens is 1. The van der Waals surface area contributed by atoms with Crippen molar-refractivity contribution in [1.29, 1.82) is 0 Å². The minimum Gasteiger partial charge on any atom is -0.577 e. The van der Waals surface area contributed by atoms with Gasteiger partial charge in [-0.3, -0.25) is 0 Å². The van der Waals surface area contributed by atoms with Crippen LogP contribution in [0.5, 0.6) is 0 Å². The Morgan fingerprint density at radius 3 is 0.591 bits per heavy atom. The van der Waals surface area contributed by atoms with E-state index in [0.717, 1.165) is 5.75 Å². The van der Waals surface area contributed by atoms with E-state index in [0.29, 0.717) is 0 Å². The first-order valence-electron chi connectivity index (χ1n) is 13.4. The Morgan fingerprint density at radius 1 is 0.364 bits per heavy atom. The molecule has 0 aliphatic rings. The Kier molecular flexibility index (Phi) is 18.2. The first-order valence-corrected chi connectivity index (χ1v) is 16.4. The largest absolute Gasteiger partial charge is 2.00 e. The van der Waals surface area contributed by atoms with E-state index in [2.05, 4.69) is 194 Å². The van der Waals surface area contributed by atoms with E-state index in [-0.39, 0.29) is 19.5 Å². The molecule has 3 nitrogen and oxygen atoms in total. The van der Waals surface area contributed by atoms with Crippen LogP contribution < -0.4 is 31.8 Å². The van der Waals surface area contributed by atoms with Crippen LogP contribution >= 0.6 is 27.4 Å². The second kappa shape index (κ2) is 22.0. The Hall–Kier alpha value is -3.64. The van der Waals surface area contributed by atoms with Gasteiger partial charge >= 0.3 is 19.5 Å². The van der Waals surface area contributed by atoms with Crippen molar-refractivity contribution in [3.63, 3.8) is 0 Å². The van der Waals surface area contributed by atoms with Crippen LogP contribution in [0, 0.1) is 4.91 Å². The minimum atomic E-state index is -0.446. The van der Waals surface area contributed by atoms with Gasteiger partial charge in [-0.25, -0.2) is 0 Å². The van der Waals surface area contributed by atoms with Gasteiger partial charge in [-0.15, -0.1) is 0 Å². The molecule has 0 saturated carbocycles. The maximum atomic E-state index is 8.45. The molecule has 0 radical (unpaired) electrons. The summed E-state index contributed by atoms with van der Waals surface area (Å²) < 4.78 is 0. The molecule has 0 atom stereocenters. The Balaban J connectivity index is 0.000000263. The summed E-state index contributed by atoms with van der Waals surface area (Å²) in [5, 5.41) is 8.39. The van der Waals surface area contributed by atoms with Crippen LogP contribution in [-0.2, 0) is 24.3 Å². The van der Waals surface area contributed by atoms with Crippen LogP contribution in [0.3, 0.4) is 0 Å². The Morgan fingerprint density at radius 2 is 0.477 bits per heavy atom. The van der Waals surface area contributed by atoms with Crippen molar-refractivity contribution >= 4 is 65.0 Å². The molecule has 220 valence electrons. The summed E-state index contributed by atoms with van der Waals surface area (Å²) in [6.07, 6.45) is 0. The number of carbonyl (C=O) groups excluding carboxylic acids is 1. The standard InChI is InChI=1S/2C18H15P.CClO.NO.Ru/c2*1-4-10-16(11-5-1)19(17-12-6-2-7-13-17)18-14-8-3-9-15-18;2-1-3;1-2;/h2*1-15H;;;/q;;2*-1;+2. The van der Waals surface area contributed by atoms with E-state index >= 15 is 0 Å². The molecule has 6 rings (SSSR count). The minimum absolute atomic E-state index is 0. The molecule has 0 saturated heterocycles. The molecular weight excluding hydrogens is 689 g/mol. The number of hydrogen-bond acceptors (Lipinski definition) is 2. The quantitative estimate of drug-likeness (QED) is 0.0776. The predicted octanol–water partition coefficient (Wildman–Crippen LogP) is 7.50. The van der Waals surface area contributed by atoms with Crippen LogP contribution in [0.1, 0.15) is 0 Å². The zero-order valence-electron chi connectivity index (χ0n) is 23.7. The van der Waals surface area contributed by atoms with Gasteiger partial charge in [-0.1, -0.05) is 182 Å². The molecule has 0 heterocycles. The average molecular weight is 719 g/mol. The molecule has 6 aromatic rings. The summed E-state index contributed by atoms with van der Waals surface area (Å²) in [7, 11) is -0.892. The molecule has 0 aliphatic carbocycles. The normalized spacial score (nSPS) is 9.52. The van der Waals surface area contributed by atoms with E-state index in [1.54, 1.807) is 0 Å². The molecular formula is C37H30ClNO2P2Ru. The third-order valence-electron chi connectivity index (χ3n) is 6.09. The van der Waals surface area contributed by atoms with Gasteiger partial charge in [-0.2, -0.15) is 5.75 Å². The van der Waals surface area contributed by atoms with Gasteiger partial charge in [0, 0.05) is 0 Å². The van der Waals surface area contributed by atoms with Gasteiger partial charge in [0.25, 0.3) is 0 Å². The smallest absolute Gasteiger partial charge is 0.577 e. The first kappa shape index (κ1) is 36.6. The number of hydrogen-bond donors (Lipinski definition) is 0.